The van der Waals surface area contributed by atoms with E-state index in [1.807, 2.05) is 24.3 Å². The second-order valence-electron chi connectivity index (χ2n) is 3.91. The van der Waals surface area contributed by atoms with Crippen molar-refractivity contribution in [3.05, 3.63) is 29.5 Å². The lowest BCUT2D eigenvalue weighted by atomic mass is 10.2. The van der Waals surface area contributed by atoms with Gasteiger partial charge in [-0.3, -0.25) is 0 Å². The first kappa shape index (κ1) is 12.1. The molecule has 0 fully saturated rings. The zero-order valence-corrected chi connectivity index (χ0v) is 10.9. The predicted molar refractivity (Wildman–Crippen MR) is 72.7 cm³/mol. The number of hydrogen-bond donors (Lipinski definition) is 0. The maximum Gasteiger partial charge on any atom is 0.224 e. The minimum Gasteiger partial charge on any atom is -0.356 e. The number of para-hydroxylation sites is 1. The summed E-state index contributed by atoms with van der Waals surface area (Å²) in [6, 6.07) is 7.97. The summed E-state index contributed by atoms with van der Waals surface area (Å²) < 4.78 is 0. The van der Waals surface area contributed by atoms with E-state index in [0.29, 0.717) is 5.28 Å². The topological polar surface area (TPSA) is 29.0 Å². The van der Waals surface area contributed by atoms with Gasteiger partial charge in [0.05, 0.1) is 5.52 Å². The van der Waals surface area contributed by atoms with Gasteiger partial charge in [0, 0.05) is 18.5 Å². The summed E-state index contributed by atoms with van der Waals surface area (Å²) >= 11 is 5.98. The molecule has 0 aliphatic carbocycles. The molecule has 0 bridgehead atoms. The molecule has 17 heavy (non-hydrogen) atoms. The lowest BCUT2D eigenvalue weighted by Crippen LogP contribution is -2.24. The van der Waals surface area contributed by atoms with Gasteiger partial charge in [-0.2, -0.15) is 4.98 Å². The molecule has 0 unspecified atom stereocenters. The third-order valence-electron chi connectivity index (χ3n) is 2.73. The van der Waals surface area contributed by atoms with Crippen LogP contribution in [0.4, 0.5) is 5.82 Å². The molecule has 1 aromatic carbocycles. The predicted octanol–water partition coefficient (Wildman–Crippen LogP) is 3.52. The number of benzene rings is 1. The Hall–Kier alpha value is -1.35. The number of halogens is 1. The van der Waals surface area contributed by atoms with Gasteiger partial charge in [0.15, 0.2) is 0 Å². The summed E-state index contributed by atoms with van der Waals surface area (Å²) in [6.07, 6.45) is 1.09. The Morgan fingerprint density at radius 2 is 1.94 bits per heavy atom. The summed E-state index contributed by atoms with van der Waals surface area (Å²) in [5.74, 6) is 0.935. The van der Waals surface area contributed by atoms with Crippen LogP contribution in [0, 0.1) is 0 Å². The summed E-state index contributed by atoms with van der Waals surface area (Å²) in [7, 11) is 0. The highest BCUT2D eigenvalue weighted by molar-refractivity contribution is 6.28. The average molecular weight is 250 g/mol. The molecule has 0 saturated heterocycles. The van der Waals surface area contributed by atoms with Gasteiger partial charge in [0.25, 0.3) is 0 Å². The monoisotopic (exact) mass is 249 g/mol. The van der Waals surface area contributed by atoms with Gasteiger partial charge >= 0.3 is 0 Å². The van der Waals surface area contributed by atoms with Crippen molar-refractivity contribution in [3.63, 3.8) is 0 Å². The fourth-order valence-corrected chi connectivity index (χ4v) is 2.13. The standard InChI is InChI=1S/C13H16ClN3/c1-3-9-17(4-2)12-10-7-5-6-8-11(10)15-13(14)16-12/h5-8H,3-4,9H2,1-2H3. The van der Waals surface area contributed by atoms with Crippen LogP contribution in [-0.2, 0) is 0 Å². The molecular weight excluding hydrogens is 234 g/mol. The van der Waals surface area contributed by atoms with E-state index >= 15 is 0 Å². The molecule has 3 nitrogen and oxygen atoms in total. The van der Waals surface area contributed by atoms with E-state index in [9.17, 15) is 0 Å². The highest BCUT2D eigenvalue weighted by Crippen LogP contribution is 2.25. The Labute approximate surface area is 106 Å². The highest BCUT2D eigenvalue weighted by atomic mass is 35.5. The fraction of sp³-hybridized carbons (Fsp3) is 0.385. The molecule has 2 aromatic rings. The van der Waals surface area contributed by atoms with Crippen molar-refractivity contribution in [1.29, 1.82) is 0 Å². The van der Waals surface area contributed by atoms with E-state index < -0.39 is 0 Å². The maximum absolute atomic E-state index is 5.98. The van der Waals surface area contributed by atoms with Gasteiger partial charge in [0.2, 0.25) is 5.28 Å². The van der Waals surface area contributed by atoms with E-state index in [2.05, 4.69) is 28.7 Å². The SMILES string of the molecule is CCCN(CC)c1nc(Cl)nc2ccccc12. The van der Waals surface area contributed by atoms with E-state index in [0.717, 1.165) is 36.2 Å². The number of rotatable bonds is 4. The number of anilines is 1. The number of fused-ring (bicyclic) bond motifs is 1. The van der Waals surface area contributed by atoms with Crippen LogP contribution in [0.2, 0.25) is 5.28 Å². The second kappa shape index (κ2) is 5.32. The highest BCUT2D eigenvalue weighted by Gasteiger charge is 2.11. The Bertz CT molecular complexity index is 513. The molecule has 0 aliphatic heterocycles. The third kappa shape index (κ3) is 2.50. The van der Waals surface area contributed by atoms with E-state index in [-0.39, 0.29) is 0 Å². The van der Waals surface area contributed by atoms with Gasteiger partial charge in [-0.1, -0.05) is 19.1 Å². The van der Waals surface area contributed by atoms with Crippen molar-refractivity contribution in [2.45, 2.75) is 20.3 Å². The smallest absolute Gasteiger partial charge is 0.224 e. The Morgan fingerprint density at radius 1 is 1.18 bits per heavy atom. The molecule has 0 aliphatic rings. The van der Waals surface area contributed by atoms with Crippen molar-refractivity contribution in [3.8, 4) is 0 Å². The summed E-state index contributed by atoms with van der Waals surface area (Å²) in [4.78, 5) is 10.8. The van der Waals surface area contributed by atoms with Crippen molar-refractivity contribution in [2.75, 3.05) is 18.0 Å². The molecule has 4 heteroatoms. The van der Waals surface area contributed by atoms with Gasteiger partial charge in [-0.05, 0) is 37.1 Å². The average Bonchev–Trinajstić information content (AvgIpc) is 2.35. The molecule has 0 atom stereocenters. The Morgan fingerprint density at radius 3 is 2.65 bits per heavy atom. The zero-order valence-electron chi connectivity index (χ0n) is 10.2. The molecule has 1 aromatic heterocycles. The molecule has 90 valence electrons. The van der Waals surface area contributed by atoms with Crippen LogP contribution in [0.1, 0.15) is 20.3 Å². The molecule has 2 rings (SSSR count). The fourth-order valence-electron chi connectivity index (χ4n) is 1.96. The lowest BCUT2D eigenvalue weighted by Gasteiger charge is -2.22. The van der Waals surface area contributed by atoms with Gasteiger partial charge in [-0.15, -0.1) is 0 Å². The first-order valence-corrected chi connectivity index (χ1v) is 6.31. The van der Waals surface area contributed by atoms with Crippen LogP contribution in [0.25, 0.3) is 10.9 Å². The van der Waals surface area contributed by atoms with Crippen LogP contribution < -0.4 is 4.90 Å². The van der Waals surface area contributed by atoms with E-state index in [4.69, 9.17) is 11.6 Å². The largest absolute Gasteiger partial charge is 0.356 e. The summed E-state index contributed by atoms with van der Waals surface area (Å²) in [5, 5.41) is 1.38. The first-order valence-electron chi connectivity index (χ1n) is 5.93. The summed E-state index contributed by atoms with van der Waals surface area (Å²) in [6.45, 7) is 6.19. The second-order valence-corrected chi connectivity index (χ2v) is 4.25. The van der Waals surface area contributed by atoms with Crippen molar-refractivity contribution in [2.24, 2.45) is 0 Å². The molecule has 0 amide bonds. The quantitative estimate of drug-likeness (QED) is 0.777. The van der Waals surface area contributed by atoms with Crippen molar-refractivity contribution < 1.29 is 0 Å². The number of hydrogen-bond acceptors (Lipinski definition) is 3. The number of nitrogens with zero attached hydrogens (tertiary/aromatic N) is 3. The Balaban J connectivity index is 2.58. The van der Waals surface area contributed by atoms with Crippen LogP contribution in [0.5, 0.6) is 0 Å². The van der Waals surface area contributed by atoms with Crippen molar-refractivity contribution >= 4 is 28.3 Å². The van der Waals surface area contributed by atoms with Crippen LogP contribution in [-0.4, -0.2) is 23.1 Å². The van der Waals surface area contributed by atoms with Crippen LogP contribution in [0.15, 0.2) is 24.3 Å². The molecule has 1 heterocycles. The number of aromatic nitrogens is 2. The van der Waals surface area contributed by atoms with Crippen molar-refractivity contribution in [1.82, 2.24) is 9.97 Å². The summed E-state index contributed by atoms with van der Waals surface area (Å²) in [5.41, 5.74) is 0.900. The van der Waals surface area contributed by atoms with Crippen LogP contribution >= 0.6 is 11.6 Å². The molecule has 0 radical (unpaired) electrons. The van der Waals surface area contributed by atoms with E-state index in [1.54, 1.807) is 0 Å². The van der Waals surface area contributed by atoms with E-state index in [1.165, 1.54) is 0 Å². The molecule has 0 spiro atoms. The Kier molecular flexibility index (Phi) is 3.79. The van der Waals surface area contributed by atoms with Gasteiger partial charge in [0.1, 0.15) is 5.82 Å². The maximum atomic E-state index is 5.98. The molecule has 0 N–H and O–H groups in total. The molecular formula is C13H16ClN3. The lowest BCUT2D eigenvalue weighted by molar-refractivity contribution is 0.781. The molecule has 0 saturated carbocycles. The van der Waals surface area contributed by atoms with Gasteiger partial charge < -0.3 is 4.90 Å². The van der Waals surface area contributed by atoms with Gasteiger partial charge in [-0.25, -0.2) is 4.98 Å². The normalized spacial score (nSPS) is 10.8. The zero-order chi connectivity index (χ0) is 12.3. The minimum atomic E-state index is 0.313. The van der Waals surface area contributed by atoms with Crippen LogP contribution in [0.3, 0.4) is 0 Å². The first-order chi connectivity index (χ1) is 8.26. The third-order valence-corrected chi connectivity index (χ3v) is 2.90. The minimum absolute atomic E-state index is 0.313.